The molecule has 1 aromatic heterocycles. The van der Waals surface area contributed by atoms with Crippen LogP contribution in [0.4, 0.5) is 24.8 Å². The fraction of sp³-hybridized carbons (Fsp3) is 0. The van der Waals surface area contributed by atoms with Crippen molar-refractivity contribution in [2.75, 3.05) is 5.32 Å². The van der Waals surface area contributed by atoms with Crippen LogP contribution in [-0.2, 0) is 0 Å². The van der Waals surface area contributed by atoms with E-state index in [1.807, 2.05) is 0 Å². The molecule has 78 valence electrons. The van der Waals surface area contributed by atoms with Gasteiger partial charge < -0.3 is 10.3 Å². The minimum absolute atomic E-state index is 0.0846. The second-order valence-electron chi connectivity index (χ2n) is 2.82. The van der Waals surface area contributed by atoms with E-state index in [1.54, 1.807) is 6.20 Å². The Kier molecular flexibility index (Phi) is 2.32. The number of hydrogen-bond acceptors (Lipinski definition) is 2. The maximum atomic E-state index is 12.8. The number of H-pyrrole nitrogens is 1. The molecule has 1 aromatic carbocycles. The summed E-state index contributed by atoms with van der Waals surface area (Å²) in [6.45, 7) is 0. The molecule has 2 N–H and O–H groups in total. The lowest BCUT2D eigenvalue weighted by atomic mass is 10.3. The topological polar surface area (TPSA) is 40.7 Å². The van der Waals surface area contributed by atoms with Crippen molar-refractivity contribution < 1.29 is 13.2 Å². The van der Waals surface area contributed by atoms with Crippen molar-refractivity contribution >= 4 is 11.6 Å². The molecule has 0 fully saturated rings. The van der Waals surface area contributed by atoms with Gasteiger partial charge in [0.25, 0.3) is 0 Å². The Labute approximate surface area is 83.0 Å². The number of aromatic nitrogens is 2. The average molecular weight is 213 g/mol. The molecule has 15 heavy (non-hydrogen) atoms. The maximum Gasteiger partial charge on any atom is 0.204 e. The quantitative estimate of drug-likeness (QED) is 0.752. The van der Waals surface area contributed by atoms with Crippen molar-refractivity contribution in [2.45, 2.75) is 0 Å². The van der Waals surface area contributed by atoms with Gasteiger partial charge in [0.1, 0.15) is 0 Å². The van der Waals surface area contributed by atoms with Crippen LogP contribution in [0.2, 0.25) is 0 Å². The predicted molar refractivity (Wildman–Crippen MR) is 48.2 cm³/mol. The van der Waals surface area contributed by atoms with Gasteiger partial charge in [-0.05, 0) is 0 Å². The summed E-state index contributed by atoms with van der Waals surface area (Å²) in [7, 11) is 0. The highest BCUT2D eigenvalue weighted by Crippen LogP contribution is 2.19. The van der Waals surface area contributed by atoms with E-state index in [2.05, 4.69) is 15.3 Å². The van der Waals surface area contributed by atoms with Crippen molar-refractivity contribution in [3.8, 4) is 0 Å². The minimum Gasteiger partial charge on any atom is -0.331 e. The summed E-state index contributed by atoms with van der Waals surface area (Å²) in [4.78, 5) is 6.47. The molecule has 0 amide bonds. The predicted octanol–water partition coefficient (Wildman–Crippen LogP) is 2.57. The van der Waals surface area contributed by atoms with Crippen LogP contribution >= 0.6 is 0 Å². The lowest BCUT2D eigenvalue weighted by Gasteiger charge is -2.03. The molecule has 0 radical (unpaired) electrons. The Morgan fingerprint density at radius 2 is 1.80 bits per heavy atom. The fourth-order valence-electron chi connectivity index (χ4n) is 1.10. The molecule has 6 heteroatoms. The maximum absolute atomic E-state index is 12.8. The average Bonchev–Trinajstić information content (AvgIpc) is 2.66. The summed E-state index contributed by atoms with van der Waals surface area (Å²) < 4.78 is 38.2. The SMILES string of the molecule is Fc1cc(Nc2ncc[nH]2)cc(F)c1F. The number of rotatable bonds is 2. The largest absolute Gasteiger partial charge is 0.331 e. The van der Waals surface area contributed by atoms with Gasteiger partial charge in [-0.25, -0.2) is 18.2 Å². The Hall–Kier alpha value is -1.98. The van der Waals surface area contributed by atoms with Crippen molar-refractivity contribution in [2.24, 2.45) is 0 Å². The molecule has 0 aliphatic carbocycles. The Bertz CT molecular complexity index is 444. The zero-order valence-corrected chi connectivity index (χ0v) is 7.39. The van der Waals surface area contributed by atoms with Crippen molar-refractivity contribution in [3.05, 3.63) is 42.0 Å². The molecule has 2 aromatic rings. The van der Waals surface area contributed by atoms with E-state index in [-0.39, 0.29) is 5.69 Å². The summed E-state index contributed by atoms with van der Waals surface area (Å²) in [6, 6.07) is 1.70. The normalized spacial score (nSPS) is 10.3. The van der Waals surface area contributed by atoms with Crippen LogP contribution in [0, 0.1) is 17.5 Å². The van der Waals surface area contributed by atoms with Gasteiger partial charge in [0, 0.05) is 30.2 Å². The first-order chi connectivity index (χ1) is 7.16. The number of nitrogens with zero attached hydrogens (tertiary/aromatic N) is 1. The van der Waals surface area contributed by atoms with Crippen LogP contribution in [0.5, 0.6) is 0 Å². The Morgan fingerprint density at radius 1 is 1.13 bits per heavy atom. The van der Waals surface area contributed by atoms with Crippen LogP contribution in [0.25, 0.3) is 0 Å². The monoisotopic (exact) mass is 213 g/mol. The molecule has 0 saturated carbocycles. The van der Waals surface area contributed by atoms with Crippen molar-refractivity contribution in [1.82, 2.24) is 9.97 Å². The summed E-state index contributed by atoms with van der Waals surface area (Å²) in [6.07, 6.45) is 3.01. The van der Waals surface area contributed by atoms with E-state index in [4.69, 9.17) is 0 Å². The molecule has 0 spiro atoms. The van der Waals surface area contributed by atoms with E-state index in [0.29, 0.717) is 5.95 Å². The highest BCUT2D eigenvalue weighted by molar-refractivity contribution is 5.53. The summed E-state index contributed by atoms with van der Waals surface area (Å²) >= 11 is 0. The van der Waals surface area contributed by atoms with Crippen LogP contribution in [0.1, 0.15) is 0 Å². The van der Waals surface area contributed by atoms with Gasteiger partial charge in [0.2, 0.25) is 5.95 Å². The fourth-order valence-corrected chi connectivity index (χ4v) is 1.10. The minimum atomic E-state index is -1.49. The molecule has 0 unspecified atom stereocenters. The van der Waals surface area contributed by atoms with Gasteiger partial charge in [0.15, 0.2) is 17.5 Å². The highest BCUT2D eigenvalue weighted by Gasteiger charge is 2.10. The van der Waals surface area contributed by atoms with Gasteiger partial charge in [-0.15, -0.1) is 0 Å². The molecular formula is C9H6F3N3. The lowest BCUT2D eigenvalue weighted by Crippen LogP contribution is -1.97. The number of anilines is 2. The second kappa shape index (κ2) is 3.64. The number of halogens is 3. The van der Waals surface area contributed by atoms with Crippen LogP contribution in [0.3, 0.4) is 0 Å². The Morgan fingerprint density at radius 3 is 2.33 bits per heavy atom. The van der Waals surface area contributed by atoms with Crippen LogP contribution < -0.4 is 5.32 Å². The molecule has 1 heterocycles. The van der Waals surface area contributed by atoms with Crippen LogP contribution in [-0.4, -0.2) is 9.97 Å². The molecular weight excluding hydrogens is 207 g/mol. The lowest BCUT2D eigenvalue weighted by molar-refractivity contribution is 0.448. The van der Waals surface area contributed by atoms with Gasteiger partial charge in [0.05, 0.1) is 0 Å². The second-order valence-corrected chi connectivity index (χ2v) is 2.82. The Balaban J connectivity index is 2.30. The highest BCUT2D eigenvalue weighted by atomic mass is 19.2. The molecule has 0 aliphatic rings. The van der Waals surface area contributed by atoms with E-state index in [0.717, 1.165) is 12.1 Å². The molecule has 3 nitrogen and oxygen atoms in total. The molecule has 0 saturated heterocycles. The van der Waals surface area contributed by atoms with Gasteiger partial charge in [-0.3, -0.25) is 0 Å². The number of aromatic amines is 1. The third-order valence-corrected chi connectivity index (χ3v) is 1.74. The standard InChI is InChI=1S/C9H6F3N3/c10-6-3-5(4-7(11)8(6)12)15-9-13-1-2-14-9/h1-4H,(H2,13,14,15). The molecule has 0 bridgehead atoms. The number of hydrogen-bond donors (Lipinski definition) is 2. The van der Waals surface area contributed by atoms with Gasteiger partial charge >= 0.3 is 0 Å². The molecule has 2 rings (SSSR count). The third-order valence-electron chi connectivity index (χ3n) is 1.74. The first-order valence-electron chi connectivity index (χ1n) is 4.08. The zero-order chi connectivity index (χ0) is 10.8. The zero-order valence-electron chi connectivity index (χ0n) is 7.39. The number of nitrogens with one attached hydrogen (secondary N) is 2. The number of imidazole rings is 1. The summed E-state index contributed by atoms with van der Waals surface area (Å²) in [5, 5.41) is 2.58. The van der Waals surface area contributed by atoms with Gasteiger partial charge in [-0.1, -0.05) is 0 Å². The first-order valence-corrected chi connectivity index (χ1v) is 4.08. The number of benzene rings is 1. The van der Waals surface area contributed by atoms with E-state index < -0.39 is 17.5 Å². The van der Waals surface area contributed by atoms with Crippen molar-refractivity contribution in [3.63, 3.8) is 0 Å². The van der Waals surface area contributed by atoms with Crippen molar-refractivity contribution in [1.29, 1.82) is 0 Å². The van der Waals surface area contributed by atoms with E-state index in [1.165, 1.54) is 6.20 Å². The molecule has 0 atom stereocenters. The van der Waals surface area contributed by atoms with Crippen LogP contribution in [0.15, 0.2) is 24.5 Å². The third kappa shape index (κ3) is 1.93. The summed E-state index contributed by atoms with van der Waals surface area (Å²) in [5.41, 5.74) is 0.0846. The van der Waals surface area contributed by atoms with Gasteiger partial charge in [-0.2, -0.15) is 0 Å². The smallest absolute Gasteiger partial charge is 0.204 e. The molecule has 0 aliphatic heterocycles. The first kappa shape index (κ1) is 9.57. The summed E-state index contributed by atoms with van der Waals surface area (Å²) in [5.74, 6) is -3.66. The van der Waals surface area contributed by atoms with E-state index >= 15 is 0 Å². The van der Waals surface area contributed by atoms with E-state index in [9.17, 15) is 13.2 Å².